The van der Waals surface area contributed by atoms with Gasteiger partial charge in [-0.05, 0) is 47.5 Å². The lowest BCUT2D eigenvalue weighted by Gasteiger charge is -2.10. The summed E-state index contributed by atoms with van der Waals surface area (Å²) in [5, 5.41) is 0. The molecule has 4 rings (SSSR count). The third-order valence-electron chi connectivity index (χ3n) is 5.43. The van der Waals surface area contributed by atoms with Gasteiger partial charge < -0.3 is 14.2 Å². The summed E-state index contributed by atoms with van der Waals surface area (Å²) in [6.45, 7) is 0. The Bertz CT molecular complexity index is 1360. The Morgan fingerprint density at radius 3 is 1.97 bits per heavy atom. The van der Waals surface area contributed by atoms with Crippen LogP contribution in [0.3, 0.4) is 0 Å². The first-order valence-electron chi connectivity index (χ1n) is 11.0. The third-order valence-corrected chi connectivity index (χ3v) is 5.43. The zero-order chi connectivity index (χ0) is 24.6. The lowest BCUT2D eigenvalue weighted by atomic mass is 10.0. The van der Waals surface area contributed by atoms with Crippen molar-refractivity contribution in [3.63, 3.8) is 0 Å². The Morgan fingerprint density at radius 1 is 0.629 bits per heavy atom. The van der Waals surface area contributed by atoms with Crippen LogP contribution in [-0.4, -0.2) is 26.0 Å². The highest BCUT2D eigenvalue weighted by atomic mass is 16.5. The number of ether oxygens (including phenoxy) is 3. The molecule has 0 N–H and O–H groups in total. The van der Waals surface area contributed by atoms with Gasteiger partial charge in [0.05, 0.1) is 19.8 Å². The molecule has 0 saturated carbocycles. The minimum Gasteiger partial charge on any atom is -0.493 e. The van der Waals surface area contributed by atoms with Crippen LogP contribution in [0.4, 0.5) is 0 Å². The van der Waals surface area contributed by atoms with Gasteiger partial charge in [0.1, 0.15) is 5.75 Å². The minimum atomic E-state index is -0.547. The number of allylic oxidation sites excluding steroid dienone is 1. The van der Waals surface area contributed by atoms with Crippen molar-refractivity contribution in [1.82, 2.24) is 0 Å². The lowest BCUT2D eigenvalue weighted by molar-refractivity contribution is 0.0733. The maximum absolute atomic E-state index is 12.7. The number of ketones is 1. The third kappa shape index (κ3) is 5.65. The maximum atomic E-state index is 12.7. The molecule has 0 bridgehead atoms. The molecule has 0 fully saturated rings. The summed E-state index contributed by atoms with van der Waals surface area (Å²) >= 11 is 0. The Morgan fingerprint density at radius 2 is 1.26 bits per heavy atom. The predicted molar refractivity (Wildman–Crippen MR) is 136 cm³/mol. The number of esters is 1. The highest BCUT2D eigenvalue weighted by Gasteiger charge is 2.14. The lowest BCUT2D eigenvalue weighted by Crippen LogP contribution is -2.09. The highest BCUT2D eigenvalue weighted by Crippen LogP contribution is 2.29. The molecule has 0 aliphatic rings. The average Bonchev–Trinajstić information content (AvgIpc) is 2.92. The van der Waals surface area contributed by atoms with Crippen LogP contribution < -0.4 is 14.2 Å². The van der Waals surface area contributed by atoms with Gasteiger partial charge in [0.15, 0.2) is 17.3 Å². The van der Waals surface area contributed by atoms with Crippen LogP contribution in [-0.2, 0) is 0 Å². The first-order valence-corrected chi connectivity index (χ1v) is 11.0. The van der Waals surface area contributed by atoms with Gasteiger partial charge in [-0.2, -0.15) is 0 Å². The molecule has 0 unspecified atom stereocenters. The average molecular weight is 465 g/mol. The second-order valence-corrected chi connectivity index (χ2v) is 7.64. The van der Waals surface area contributed by atoms with Crippen molar-refractivity contribution in [3.05, 3.63) is 120 Å². The van der Waals surface area contributed by atoms with Crippen molar-refractivity contribution in [2.45, 2.75) is 0 Å². The van der Waals surface area contributed by atoms with Gasteiger partial charge in [0.2, 0.25) is 0 Å². The molecule has 0 radical (unpaired) electrons. The molecule has 0 spiro atoms. The first kappa shape index (κ1) is 23.5. The fourth-order valence-electron chi connectivity index (χ4n) is 3.55. The topological polar surface area (TPSA) is 61.8 Å². The van der Waals surface area contributed by atoms with E-state index in [0.717, 1.165) is 11.1 Å². The van der Waals surface area contributed by atoms with Crippen molar-refractivity contribution in [3.8, 4) is 28.4 Å². The van der Waals surface area contributed by atoms with Crippen LogP contribution >= 0.6 is 0 Å². The summed E-state index contributed by atoms with van der Waals surface area (Å²) < 4.78 is 16.1. The number of para-hydroxylation sites is 1. The molecule has 0 aliphatic heterocycles. The molecule has 5 nitrogen and oxygen atoms in total. The van der Waals surface area contributed by atoms with Gasteiger partial charge in [-0.25, -0.2) is 4.79 Å². The maximum Gasteiger partial charge on any atom is 0.343 e. The second-order valence-electron chi connectivity index (χ2n) is 7.64. The van der Waals surface area contributed by atoms with E-state index in [1.807, 2.05) is 48.5 Å². The number of hydrogen-bond acceptors (Lipinski definition) is 5. The molecule has 4 aromatic rings. The molecule has 5 heteroatoms. The Hall–Kier alpha value is -4.64. The van der Waals surface area contributed by atoms with Gasteiger partial charge in [-0.1, -0.05) is 72.8 Å². The summed E-state index contributed by atoms with van der Waals surface area (Å²) in [5.74, 6) is 0.595. The van der Waals surface area contributed by atoms with Gasteiger partial charge in [0, 0.05) is 11.1 Å². The number of hydrogen-bond donors (Lipinski definition) is 0. The molecule has 0 atom stereocenters. The van der Waals surface area contributed by atoms with Crippen molar-refractivity contribution in [2.24, 2.45) is 0 Å². The van der Waals surface area contributed by atoms with Gasteiger partial charge in [-0.15, -0.1) is 0 Å². The van der Waals surface area contributed by atoms with Crippen LogP contribution in [0.2, 0.25) is 0 Å². The largest absolute Gasteiger partial charge is 0.493 e. The molecule has 4 aromatic carbocycles. The van der Waals surface area contributed by atoms with Crippen LogP contribution in [0.15, 0.2) is 103 Å². The van der Waals surface area contributed by atoms with E-state index in [9.17, 15) is 9.59 Å². The number of rotatable bonds is 8. The number of methoxy groups -OCH3 is 2. The normalized spacial score (nSPS) is 10.7. The van der Waals surface area contributed by atoms with Crippen molar-refractivity contribution in [2.75, 3.05) is 14.2 Å². The Labute approximate surface area is 204 Å². The van der Waals surface area contributed by atoms with Crippen LogP contribution in [0.1, 0.15) is 26.3 Å². The zero-order valence-electron chi connectivity index (χ0n) is 19.4. The highest BCUT2D eigenvalue weighted by molar-refractivity contribution is 6.07. The quantitative estimate of drug-likeness (QED) is 0.129. The van der Waals surface area contributed by atoms with E-state index in [1.165, 1.54) is 20.3 Å². The molecular formula is C30H24O5. The number of benzene rings is 4. The minimum absolute atomic E-state index is 0.148. The fraction of sp³-hybridized carbons (Fsp3) is 0.0667. The van der Waals surface area contributed by atoms with E-state index in [-0.39, 0.29) is 5.78 Å². The SMILES string of the molecule is COc1ccc(C(=O)Oc2ccccc2C=CC(=O)c2ccc(-c3ccccc3)cc2)cc1OC. The smallest absolute Gasteiger partial charge is 0.343 e. The molecule has 0 amide bonds. The van der Waals surface area contributed by atoms with Gasteiger partial charge >= 0.3 is 5.97 Å². The van der Waals surface area contributed by atoms with E-state index in [4.69, 9.17) is 14.2 Å². The summed E-state index contributed by atoms with van der Waals surface area (Å²) in [6.07, 6.45) is 3.12. The molecule has 0 saturated heterocycles. The van der Waals surface area contributed by atoms with E-state index in [2.05, 4.69) is 0 Å². The van der Waals surface area contributed by atoms with Crippen LogP contribution in [0.25, 0.3) is 17.2 Å². The molecule has 0 aromatic heterocycles. The van der Waals surface area contributed by atoms with Crippen LogP contribution in [0.5, 0.6) is 17.2 Å². The number of carbonyl (C=O) groups is 2. The fourth-order valence-corrected chi connectivity index (χ4v) is 3.55. The molecule has 0 heterocycles. The first-order chi connectivity index (χ1) is 17.1. The van der Waals surface area contributed by atoms with Crippen molar-refractivity contribution >= 4 is 17.8 Å². The van der Waals surface area contributed by atoms with Crippen molar-refractivity contribution < 1.29 is 23.8 Å². The Kier molecular flexibility index (Phi) is 7.38. The van der Waals surface area contributed by atoms with Gasteiger partial charge in [-0.3, -0.25) is 4.79 Å². The second kappa shape index (κ2) is 11.0. The zero-order valence-corrected chi connectivity index (χ0v) is 19.4. The standard InChI is InChI=1S/C30H24O5/c1-33-28-19-17-25(20-29(28)34-2)30(32)35-27-11-7-6-10-24(27)16-18-26(31)23-14-12-22(13-15-23)21-8-4-3-5-9-21/h3-20H,1-2H3. The van der Waals surface area contributed by atoms with Crippen molar-refractivity contribution in [1.29, 1.82) is 0 Å². The van der Waals surface area contributed by atoms with E-state index in [1.54, 1.807) is 54.6 Å². The monoisotopic (exact) mass is 464 g/mol. The Balaban J connectivity index is 1.48. The predicted octanol–water partition coefficient (Wildman–Crippen LogP) is 6.49. The number of carbonyl (C=O) groups excluding carboxylic acids is 2. The summed E-state index contributed by atoms with van der Waals surface area (Å²) in [6, 6.07) is 29.3. The van der Waals surface area contributed by atoms with E-state index < -0.39 is 5.97 Å². The summed E-state index contributed by atoms with van der Waals surface area (Å²) in [5.41, 5.74) is 3.62. The molecular weight excluding hydrogens is 440 g/mol. The molecule has 174 valence electrons. The summed E-state index contributed by atoms with van der Waals surface area (Å²) in [7, 11) is 3.02. The van der Waals surface area contributed by atoms with E-state index in [0.29, 0.717) is 33.9 Å². The molecule has 35 heavy (non-hydrogen) atoms. The summed E-state index contributed by atoms with van der Waals surface area (Å²) in [4.78, 5) is 25.5. The van der Waals surface area contributed by atoms with Gasteiger partial charge in [0.25, 0.3) is 0 Å². The molecule has 0 aliphatic carbocycles. The van der Waals surface area contributed by atoms with Crippen LogP contribution in [0, 0.1) is 0 Å². The van der Waals surface area contributed by atoms with E-state index >= 15 is 0 Å².